The van der Waals surface area contributed by atoms with E-state index in [4.69, 9.17) is 20.0 Å². The molecule has 0 bridgehead atoms. The smallest absolute Gasteiger partial charge is 0.335 e. The number of pyridine rings is 2. The van der Waals surface area contributed by atoms with Crippen LogP contribution in [0.15, 0.2) is 54.9 Å². The van der Waals surface area contributed by atoms with Crippen molar-refractivity contribution in [2.75, 3.05) is 0 Å². The molecule has 0 aliphatic rings. The second-order valence-corrected chi connectivity index (χ2v) is 5.20. The van der Waals surface area contributed by atoms with E-state index in [1.165, 1.54) is 54.9 Å². The van der Waals surface area contributed by atoms with Crippen LogP contribution in [0.1, 0.15) is 21.5 Å². The van der Waals surface area contributed by atoms with Crippen LogP contribution in [0.3, 0.4) is 0 Å². The maximum atomic E-state index is 11.4. The molecule has 0 radical (unpaired) electrons. The highest BCUT2D eigenvalue weighted by Gasteiger charge is 2.11. The van der Waals surface area contributed by atoms with Crippen molar-refractivity contribution in [3.63, 3.8) is 0 Å². The quantitative estimate of drug-likeness (QED) is 0.733. The van der Waals surface area contributed by atoms with Gasteiger partial charge in [0.15, 0.2) is 0 Å². The number of nitrogens with zero attached hydrogens (tertiary/aromatic N) is 4. The standard InChI is InChI=1S/C19H10N4O4/c20-8-12-1-3-17(22-10-12)26-15-5-14(19(24)25)6-16(7-15)27-18-4-2-13(9-21)11-23-18/h1-7,10-11H,(H,24,25). The summed E-state index contributed by atoms with van der Waals surface area (Å²) < 4.78 is 11.1. The highest BCUT2D eigenvalue weighted by atomic mass is 16.5. The fourth-order valence-corrected chi connectivity index (χ4v) is 2.07. The summed E-state index contributed by atoms with van der Waals surface area (Å²) in [6.07, 6.45) is 2.68. The molecule has 2 aromatic heterocycles. The van der Waals surface area contributed by atoms with Gasteiger partial charge in [0.1, 0.15) is 23.6 Å². The number of aromatic nitrogens is 2. The van der Waals surface area contributed by atoms with E-state index in [0.29, 0.717) is 11.1 Å². The number of hydrogen-bond acceptors (Lipinski definition) is 7. The van der Waals surface area contributed by atoms with E-state index in [9.17, 15) is 9.90 Å². The van der Waals surface area contributed by atoms with Crippen LogP contribution in [0.25, 0.3) is 0 Å². The molecule has 3 rings (SSSR count). The fraction of sp³-hybridized carbons (Fsp3) is 0. The molecule has 0 fully saturated rings. The van der Waals surface area contributed by atoms with Crippen LogP contribution >= 0.6 is 0 Å². The molecule has 2 heterocycles. The maximum Gasteiger partial charge on any atom is 0.335 e. The van der Waals surface area contributed by atoms with E-state index in [-0.39, 0.29) is 28.8 Å². The molecule has 1 N–H and O–H groups in total. The van der Waals surface area contributed by atoms with E-state index in [1.54, 1.807) is 0 Å². The Balaban J connectivity index is 1.88. The minimum atomic E-state index is -1.16. The largest absolute Gasteiger partial charge is 0.478 e. The molecule has 3 aromatic rings. The summed E-state index contributed by atoms with van der Waals surface area (Å²) in [5, 5.41) is 26.9. The van der Waals surface area contributed by atoms with Crippen molar-refractivity contribution < 1.29 is 19.4 Å². The molecule has 8 nitrogen and oxygen atoms in total. The number of aromatic carboxylic acids is 1. The zero-order chi connectivity index (χ0) is 19.2. The van der Waals surface area contributed by atoms with Crippen LogP contribution < -0.4 is 9.47 Å². The average Bonchev–Trinajstić information content (AvgIpc) is 2.69. The molecule has 0 aliphatic carbocycles. The first kappa shape index (κ1) is 17.4. The van der Waals surface area contributed by atoms with Gasteiger partial charge in [-0.2, -0.15) is 10.5 Å². The Kier molecular flexibility index (Phi) is 4.92. The first-order valence-corrected chi connectivity index (χ1v) is 7.54. The SMILES string of the molecule is N#Cc1ccc(Oc2cc(Oc3ccc(C#N)cn3)cc(C(=O)O)c2)nc1. The normalized spacial score (nSPS) is 9.70. The van der Waals surface area contributed by atoms with E-state index < -0.39 is 5.97 Å². The number of carbonyl (C=O) groups is 1. The van der Waals surface area contributed by atoms with Crippen molar-refractivity contribution >= 4 is 5.97 Å². The van der Waals surface area contributed by atoms with Gasteiger partial charge in [0.05, 0.1) is 16.7 Å². The van der Waals surface area contributed by atoms with Gasteiger partial charge in [0.25, 0.3) is 0 Å². The molecular formula is C19H10N4O4. The molecule has 0 spiro atoms. The predicted octanol–water partition coefficient (Wildman–Crippen LogP) is 3.50. The van der Waals surface area contributed by atoms with E-state index in [0.717, 1.165) is 0 Å². The molecule has 0 unspecified atom stereocenters. The maximum absolute atomic E-state index is 11.4. The summed E-state index contributed by atoms with van der Waals surface area (Å²) in [4.78, 5) is 19.3. The number of ether oxygens (including phenoxy) is 2. The molecule has 8 heteroatoms. The third kappa shape index (κ3) is 4.35. The molecule has 0 saturated heterocycles. The van der Waals surface area contributed by atoms with Crippen LogP contribution in [0.5, 0.6) is 23.3 Å². The summed E-state index contributed by atoms with van der Waals surface area (Å²) >= 11 is 0. The first-order chi connectivity index (χ1) is 13.1. The molecule has 1 aromatic carbocycles. The van der Waals surface area contributed by atoms with Gasteiger partial charge < -0.3 is 14.6 Å². The van der Waals surface area contributed by atoms with E-state index in [1.807, 2.05) is 12.1 Å². The Labute approximate surface area is 153 Å². The monoisotopic (exact) mass is 358 g/mol. The van der Waals surface area contributed by atoms with Crippen molar-refractivity contribution in [2.45, 2.75) is 0 Å². The molecule has 27 heavy (non-hydrogen) atoms. The van der Waals surface area contributed by atoms with Crippen molar-refractivity contribution in [3.8, 4) is 35.4 Å². The summed E-state index contributed by atoms with van der Waals surface area (Å²) in [7, 11) is 0. The van der Waals surface area contributed by atoms with Crippen LogP contribution in [0.4, 0.5) is 0 Å². The van der Waals surface area contributed by atoms with Gasteiger partial charge in [0.2, 0.25) is 11.8 Å². The fourth-order valence-electron chi connectivity index (χ4n) is 2.07. The molecule has 0 atom stereocenters. The topological polar surface area (TPSA) is 129 Å². The van der Waals surface area contributed by atoms with Gasteiger partial charge in [-0.05, 0) is 24.3 Å². The Hall–Kier alpha value is -4.43. The minimum absolute atomic E-state index is 0.0511. The van der Waals surface area contributed by atoms with E-state index >= 15 is 0 Å². The van der Waals surface area contributed by atoms with Crippen LogP contribution in [0.2, 0.25) is 0 Å². The number of hydrogen-bond donors (Lipinski definition) is 1. The second kappa shape index (κ2) is 7.64. The predicted molar refractivity (Wildman–Crippen MR) is 91.5 cm³/mol. The van der Waals surface area contributed by atoms with Crippen molar-refractivity contribution in [1.29, 1.82) is 10.5 Å². The Morgan fingerprint density at radius 2 is 1.33 bits per heavy atom. The number of benzene rings is 1. The van der Waals surface area contributed by atoms with Crippen LogP contribution in [0, 0.1) is 22.7 Å². The highest BCUT2D eigenvalue weighted by Crippen LogP contribution is 2.29. The average molecular weight is 358 g/mol. The molecular weight excluding hydrogens is 348 g/mol. The van der Waals surface area contributed by atoms with Crippen molar-refractivity contribution in [1.82, 2.24) is 9.97 Å². The van der Waals surface area contributed by atoms with Crippen molar-refractivity contribution in [2.24, 2.45) is 0 Å². The van der Waals surface area contributed by atoms with Gasteiger partial charge in [-0.3, -0.25) is 0 Å². The number of carboxylic acid groups (broad SMARTS) is 1. The van der Waals surface area contributed by atoms with E-state index in [2.05, 4.69) is 9.97 Å². The van der Waals surface area contributed by atoms with Gasteiger partial charge in [-0.1, -0.05) is 0 Å². The van der Waals surface area contributed by atoms with Crippen molar-refractivity contribution in [3.05, 3.63) is 71.5 Å². The van der Waals surface area contributed by atoms with Gasteiger partial charge in [0, 0.05) is 30.6 Å². The van der Waals surface area contributed by atoms with Gasteiger partial charge in [-0.15, -0.1) is 0 Å². The lowest BCUT2D eigenvalue weighted by Gasteiger charge is -2.10. The van der Waals surface area contributed by atoms with Crippen LogP contribution in [-0.4, -0.2) is 21.0 Å². The summed E-state index contributed by atoms with van der Waals surface area (Å²) in [6, 6.07) is 14.1. The summed E-state index contributed by atoms with van der Waals surface area (Å²) in [6.45, 7) is 0. The molecule has 0 amide bonds. The third-order valence-corrected chi connectivity index (χ3v) is 3.30. The lowest BCUT2D eigenvalue weighted by atomic mass is 10.2. The highest BCUT2D eigenvalue weighted by molar-refractivity contribution is 5.88. The second-order valence-electron chi connectivity index (χ2n) is 5.20. The zero-order valence-corrected chi connectivity index (χ0v) is 13.7. The lowest BCUT2D eigenvalue weighted by molar-refractivity contribution is 0.0696. The first-order valence-electron chi connectivity index (χ1n) is 7.54. The summed E-state index contributed by atoms with van der Waals surface area (Å²) in [5.41, 5.74) is 0.694. The molecule has 0 saturated carbocycles. The Morgan fingerprint density at radius 1 is 0.852 bits per heavy atom. The Morgan fingerprint density at radius 3 is 1.67 bits per heavy atom. The Bertz CT molecular complexity index is 987. The van der Waals surface area contributed by atoms with Crippen LogP contribution in [-0.2, 0) is 0 Å². The summed E-state index contributed by atoms with van der Waals surface area (Å²) in [5.74, 6) is -0.393. The number of carboxylic acids is 1. The third-order valence-electron chi connectivity index (χ3n) is 3.30. The minimum Gasteiger partial charge on any atom is -0.478 e. The van der Waals surface area contributed by atoms with Gasteiger partial charge in [-0.25, -0.2) is 14.8 Å². The number of rotatable bonds is 5. The molecule has 130 valence electrons. The molecule has 0 aliphatic heterocycles. The van der Waals surface area contributed by atoms with Gasteiger partial charge >= 0.3 is 5.97 Å². The lowest BCUT2D eigenvalue weighted by Crippen LogP contribution is -1.99. The zero-order valence-electron chi connectivity index (χ0n) is 13.7. The number of nitriles is 2.